The zero-order valence-corrected chi connectivity index (χ0v) is 18.3. The first-order valence-corrected chi connectivity index (χ1v) is 10.6. The molecule has 0 saturated carbocycles. The Labute approximate surface area is 180 Å². The second-order valence-electron chi connectivity index (χ2n) is 8.21. The quantitative estimate of drug-likeness (QED) is 0.417. The Morgan fingerprint density at radius 3 is 2.48 bits per heavy atom. The highest BCUT2D eigenvalue weighted by atomic mass is 79.9. The normalized spacial score (nSPS) is 17.4. The molecule has 3 heteroatoms. The fourth-order valence-corrected chi connectivity index (χ4v) is 4.78. The van der Waals surface area contributed by atoms with Crippen molar-refractivity contribution in [3.8, 4) is 16.9 Å². The van der Waals surface area contributed by atoms with Crippen LogP contribution in [0.4, 0.5) is 5.69 Å². The van der Waals surface area contributed by atoms with Crippen LogP contribution in [0.2, 0.25) is 0 Å². The summed E-state index contributed by atoms with van der Waals surface area (Å²) in [5.74, 6) is 1.76. The van der Waals surface area contributed by atoms with Crippen LogP contribution in [-0.2, 0) is 0 Å². The van der Waals surface area contributed by atoms with Crippen LogP contribution in [0.5, 0.6) is 5.75 Å². The monoisotopic (exact) mass is 443 g/mol. The van der Waals surface area contributed by atoms with E-state index in [0.29, 0.717) is 0 Å². The first-order valence-electron chi connectivity index (χ1n) is 9.82. The maximum Gasteiger partial charge on any atom is 0.136 e. The third-order valence-corrected chi connectivity index (χ3v) is 6.19. The van der Waals surface area contributed by atoms with Gasteiger partial charge in [0, 0.05) is 26.9 Å². The summed E-state index contributed by atoms with van der Waals surface area (Å²) in [6.45, 7) is 6.59. The third kappa shape index (κ3) is 3.10. The van der Waals surface area contributed by atoms with Gasteiger partial charge >= 0.3 is 0 Å². The molecule has 0 amide bonds. The van der Waals surface area contributed by atoms with Crippen molar-refractivity contribution < 1.29 is 4.74 Å². The number of fused-ring (bicyclic) bond motifs is 5. The lowest BCUT2D eigenvalue weighted by Gasteiger charge is -2.35. The van der Waals surface area contributed by atoms with E-state index in [4.69, 9.17) is 4.74 Å². The number of benzene rings is 3. The van der Waals surface area contributed by atoms with Crippen molar-refractivity contribution >= 4 is 39.0 Å². The van der Waals surface area contributed by atoms with Gasteiger partial charge in [-0.2, -0.15) is 0 Å². The third-order valence-electron chi connectivity index (χ3n) is 5.47. The predicted molar refractivity (Wildman–Crippen MR) is 126 cm³/mol. The molecule has 0 atom stereocenters. The van der Waals surface area contributed by atoms with Crippen LogP contribution in [0.15, 0.2) is 71.2 Å². The average molecular weight is 444 g/mol. The average Bonchev–Trinajstić information content (AvgIpc) is 2.68. The summed E-state index contributed by atoms with van der Waals surface area (Å²) in [7, 11) is 0. The second kappa shape index (κ2) is 6.64. The van der Waals surface area contributed by atoms with Crippen LogP contribution in [0.25, 0.3) is 28.5 Å². The lowest BCUT2D eigenvalue weighted by Crippen LogP contribution is -2.32. The summed E-state index contributed by atoms with van der Waals surface area (Å²) in [4.78, 5) is 0. The summed E-state index contributed by atoms with van der Waals surface area (Å²) < 4.78 is 7.52. The first-order chi connectivity index (χ1) is 13.9. The van der Waals surface area contributed by atoms with Gasteiger partial charge in [-0.05, 0) is 61.7 Å². The van der Waals surface area contributed by atoms with E-state index in [1.807, 2.05) is 24.3 Å². The summed E-state index contributed by atoms with van der Waals surface area (Å²) in [5, 5.41) is 3.67. The van der Waals surface area contributed by atoms with E-state index in [2.05, 4.69) is 90.6 Å². The van der Waals surface area contributed by atoms with Crippen molar-refractivity contribution in [1.82, 2.24) is 0 Å². The van der Waals surface area contributed by atoms with Gasteiger partial charge in [-0.25, -0.2) is 0 Å². The Morgan fingerprint density at radius 1 is 0.897 bits per heavy atom. The van der Waals surface area contributed by atoms with Crippen LogP contribution in [-0.4, -0.2) is 5.54 Å². The Kier molecular flexibility index (Phi) is 4.18. The van der Waals surface area contributed by atoms with Gasteiger partial charge in [0.1, 0.15) is 11.5 Å². The van der Waals surface area contributed by atoms with Gasteiger partial charge in [0.15, 0.2) is 0 Å². The number of hydrogen-bond acceptors (Lipinski definition) is 2. The molecule has 0 bridgehead atoms. The molecule has 0 spiro atoms. The molecule has 5 rings (SSSR count). The van der Waals surface area contributed by atoms with E-state index < -0.39 is 0 Å². The molecule has 2 heterocycles. The largest absolute Gasteiger partial charge is 0.456 e. The molecule has 0 fully saturated rings. The van der Waals surface area contributed by atoms with Crippen LogP contribution >= 0.6 is 15.9 Å². The topological polar surface area (TPSA) is 21.3 Å². The number of nitrogens with one attached hydrogen (secondary N) is 1. The first kappa shape index (κ1) is 18.3. The highest BCUT2D eigenvalue weighted by molar-refractivity contribution is 9.10. The Hall–Kier alpha value is -2.78. The van der Waals surface area contributed by atoms with Crippen LogP contribution in [0.1, 0.15) is 37.5 Å². The number of ether oxygens (including phenoxy) is 1. The molecule has 2 aliphatic rings. The van der Waals surface area contributed by atoms with Crippen molar-refractivity contribution in [2.75, 3.05) is 5.32 Å². The van der Waals surface area contributed by atoms with Crippen molar-refractivity contribution in [2.45, 2.75) is 26.3 Å². The molecule has 0 unspecified atom stereocenters. The molecule has 1 N–H and O–H groups in total. The lowest BCUT2D eigenvalue weighted by molar-refractivity contribution is 0.514. The second-order valence-corrected chi connectivity index (χ2v) is 9.07. The molecule has 2 aliphatic heterocycles. The molecule has 3 aromatic carbocycles. The van der Waals surface area contributed by atoms with Gasteiger partial charge in [0.05, 0.1) is 5.54 Å². The van der Waals surface area contributed by atoms with E-state index in [1.54, 1.807) is 0 Å². The Bertz CT molecular complexity index is 1200. The smallest absolute Gasteiger partial charge is 0.136 e. The molecular formula is C26H22BrNO. The Balaban J connectivity index is 1.81. The van der Waals surface area contributed by atoms with E-state index in [1.165, 1.54) is 16.7 Å². The van der Waals surface area contributed by atoms with E-state index in [0.717, 1.165) is 38.4 Å². The number of halogens is 1. The van der Waals surface area contributed by atoms with Gasteiger partial charge in [0.2, 0.25) is 0 Å². The summed E-state index contributed by atoms with van der Waals surface area (Å²) in [5.41, 5.74) is 8.13. The van der Waals surface area contributed by atoms with E-state index >= 15 is 0 Å². The number of allylic oxidation sites excluding steroid dienone is 1. The van der Waals surface area contributed by atoms with Crippen molar-refractivity contribution in [3.63, 3.8) is 0 Å². The lowest BCUT2D eigenvalue weighted by atomic mass is 9.83. The van der Waals surface area contributed by atoms with Crippen molar-refractivity contribution in [3.05, 3.63) is 87.9 Å². The molecule has 0 aromatic heterocycles. The zero-order valence-electron chi connectivity index (χ0n) is 16.7. The summed E-state index contributed by atoms with van der Waals surface area (Å²) >= 11 is 3.67. The van der Waals surface area contributed by atoms with E-state index in [-0.39, 0.29) is 5.54 Å². The minimum atomic E-state index is -0.0783. The molecule has 2 nitrogen and oxygen atoms in total. The van der Waals surface area contributed by atoms with Crippen LogP contribution < -0.4 is 10.1 Å². The fourth-order valence-electron chi connectivity index (χ4n) is 4.38. The fraction of sp³-hybridized carbons (Fsp3) is 0.154. The Morgan fingerprint density at radius 2 is 1.66 bits per heavy atom. The highest BCUT2D eigenvalue weighted by Crippen LogP contribution is 2.49. The van der Waals surface area contributed by atoms with E-state index in [9.17, 15) is 0 Å². The maximum atomic E-state index is 6.47. The number of anilines is 1. The van der Waals surface area contributed by atoms with Gasteiger partial charge in [-0.3, -0.25) is 0 Å². The van der Waals surface area contributed by atoms with Gasteiger partial charge in [0.25, 0.3) is 0 Å². The van der Waals surface area contributed by atoms with Crippen LogP contribution in [0, 0.1) is 0 Å². The minimum Gasteiger partial charge on any atom is -0.456 e. The number of rotatable bonds is 1. The van der Waals surface area contributed by atoms with Crippen molar-refractivity contribution in [1.29, 1.82) is 0 Å². The molecular weight excluding hydrogens is 422 g/mol. The van der Waals surface area contributed by atoms with Crippen LogP contribution in [0.3, 0.4) is 0 Å². The van der Waals surface area contributed by atoms with Crippen molar-refractivity contribution in [2.24, 2.45) is 0 Å². The predicted octanol–water partition coefficient (Wildman–Crippen LogP) is 7.61. The SMILES string of the molecule is CC1=CC(C)(C)Nc2ccc3c(c21)/C(=C/c1ccccc1Br)Oc1ccccc1-3. The van der Waals surface area contributed by atoms with Gasteiger partial charge in [-0.1, -0.05) is 64.5 Å². The number of para-hydroxylation sites is 1. The number of hydrogen-bond donors (Lipinski definition) is 1. The molecule has 144 valence electrons. The highest BCUT2D eigenvalue weighted by Gasteiger charge is 2.31. The standard InChI is InChI=1S/C26H22BrNO/c1-16-15-26(2,3)28-21-13-12-19-18-9-5-7-11-22(18)29-23(25(19)24(16)21)14-17-8-4-6-10-20(17)27/h4-15,28H,1-3H3/b23-14-. The minimum absolute atomic E-state index is 0.0783. The molecule has 0 radical (unpaired) electrons. The molecule has 0 aliphatic carbocycles. The van der Waals surface area contributed by atoms with Gasteiger partial charge in [-0.15, -0.1) is 0 Å². The van der Waals surface area contributed by atoms with Gasteiger partial charge < -0.3 is 10.1 Å². The molecule has 3 aromatic rings. The summed E-state index contributed by atoms with van der Waals surface area (Å²) in [6, 6.07) is 20.9. The maximum absolute atomic E-state index is 6.47. The molecule has 29 heavy (non-hydrogen) atoms. The zero-order chi connectivity index (χ0) is 20.2. The molecule has 0 saturated heterocycles. The summed E-state index contributed by atoms with van der Waals surface area (Å²) in [6.07, 6.45) is 4.43.